The molecule has 158 valence electrons. The average molecular weight is 424 g/mol. The van der Waals surface area contributed by atoms with Crippen molar-refractivity contribution in [3.8, 4) is 5.75 Å². The van der Waals surface area contributed by atoms with E-state index in [1.165, 1.54) is 12.1 Å². The van der Waals surface area contributed by atoms with E-state index in [4.69, 9.17) is 10.5 Å². The molecule has 2 amide bonds. The Morgan fingerprint density at radius 1 is 1.03 bits per heavy atom. The minimum Gasteiger partial charge on any atom is -0.497 e. The molecule has 0 aliphatic carbocycles. The molecule has 2 atom stereocenters. The number of hydrogen-bond donors (Lipinski definition) is 3. The number of halogens is 2. The molecule has 0 aliphatic heterocycles. The van der Waals surface area contributed by atoms with Crippen LogP contribution in [-0.4, -0.2) is 31.5 Å². The number of rotatable bonds is 8. The molecule has 0 heterocycles. The second kappa shape index (κ2) is 11.4. The molecule has 2 aromatic carbocycles. The van der Waals surface area contributed by atoms with Gasteiger partial charge in [0.2, 0.25) is 11.8 Å². The summed E-state index contributed by atoms with van der Waals surface area (Å²) in [5.74, 6) is -0.474. The van der Waals surface area contributed by atoms with Gasteiger partial charge in [0.25, 0.3) is 0 Å². The lowest BCUT2D eigenvalue weighted by Gasteiger charge is -2.21. The Morgan fingerprint density at radius 3 is 2.03 bits per heavy atom. The normalized spacial score (nSPS) is 12.5. The molecule has 0 saturated carbocycles. The minimum absolute atomic E-state index is 0. The van der Waals surface area contributed by atoms with Crippen molar-refractivity contribution in [2.24, 2.45) is 11.7 Å². The summed E-state index contributed by atoms with van der Waals surface area (Å²) in [6.45, 7) is 3.46. The summed E-state index contributed by atoms with van der Waals surface area (Å²) in [6.07, 6.45) is 0. The van der Waals surface area contributed by atoms with Crippen LogP contribution in [0, 0.1) is 11.7 Å². The first-order valence-electron chi connectivity index (χ1n) is 9.04. The van der Waals surface area contributed by atoms with Gasteiger partial charge in [0.1, 0.15) is 11.6 Å². The van der Waals surface area contributed by atoms with Crippen LogP contribution in [0.2, 0.25) is 0 Å². The molecule has 0 radical (unpaired) electrons. The number of carbonyl (C=O) groups is 2. The predicted molar refractivity (Wildman–Crippen MR) is 112 cm³/mol. The first-order chi connectivity index (χ1) is 13.3. The molecule has 2 aromatic rings. The van der Waals surface area contributed by atoms with Crippen LogP contribution >= 0.6 is 12.4 Å². The van der Waals surface area contributed by atoms with Gasteiger partial charge in [-0.2, -0.15) is 0 Å². The molecule has 29 heavy (non-hydrogen) atoms. The number of hydrogen-bond acceptors (Lipinski definition) is 4. The molecular formula is C21H27ClFN3O3. The highest BCUT2D eigenvalue weighted by atomic mass is 35.5. The molecule has 1 unspecified atom stereocenters. The number of amides is 2. The van der Waals surface area contributed by atoms with E-state index in [-0.39, 0.29) is 42.5 Å². The highest BCUT2D eigenvalue weighted by Crippen LogP contribution is 2.24. The summed E-state index contributed by atoms with van der Waals surface area (Å²) in [6, 6.07) is 11.9. The lowest BCUT2D eigenvalue weighted by atomic mass is 9.98. The second-order valence-electron chi connectivity index (χ2n) is 6.81. The highest BCUT2D eigenvalue weighted by molar-refractivity contribution is 5.87. The van der Waals surface area contributed by atoms with E-state index in [2.05, 4.69) is 10.6 Å². The number of nitrogens with one attached hydrogen (secondary N) is 2. The van der Waals surface area contributed by atoms with Gasteiger partial charge in [-0.1, -0.05) is 38.1 Å². The van der Waals surface area contributed by atoms with Crippen molar-refractivity contribution in [3.05, 3.63) is 65.5 Å². The molecule has 8 heteroatoms. The third-order valence-electron chi connectivity index (χ3n) is 4.40. The number of benzene rings is 2. The maximum absolute atomic E-state index is 13.3. The minimum atomic E-state index is -0.678. The largest absolute Gasteiger partial charge is 0.497 e. The van der Waals surface area contributed by atoms with Crippen molar-refractivity contribution in [2.45, 2.75) is 25.9 Å². The van der Waals surface area contributed by atoms with E-state index >= 15 is 0 Å². The summed E-state index contributed by atoms with van der Waals surface area (Å²) in [5.41, 5.74) is 7.29. The lowest BCUT2D eigenvalue weighted by Crippen LogP contribution is -2.47. The fraction of sp³-hybridized carbons (Fsp3) is 0.333. The molecule has 0 aliphatic rings. The Hall–Kier alpha value is -2.64. The lowest BCUT2D eigenvalue weighted by molar-refractivity contribution is -0.127. The van der Waals surface area contributed by atoms with E-state index < -0.39 is 12.1 Å². The third-order valence-corrected chi connectivity index (χ3v) is 4.40. The quantitative estimate of drug-likeness (QED) is 0.608. The molecule has 4 N–H and O–H groups in total. The van der Waals surface area contributed by atoms with Crippen LogP contribution in [-0.2, 0) is 9.59 Å². The molecule has 0 bridgehead atoms. The van der Waals surface area contributed by atoms with Crippen LogP contribution in [0.15, 0.2) is 48.5 Å². The fourth-order valence-corrected chi connectivity index (χ4v) is 2.61. The monoisotopic (exact) mass is 423 g/mol. The molecular weight excluding hydrogens is 397 g/mol. The van der Waals surface area contributed by atoms with Crippen molar-refractivity contribution in [3.63, 3.8) is 0 Å². The van der Waals surface area contributed by atoms with Crippen LogP contribution < -0.4 is 21.1 Å². The Bertz CT molecular complexity index is 798. The Labute approximate surface area is 176 Å². The maximum atomic E-state index is 13.3. The second-order valence-corrected chi connectivity index (χ2v) is 6.81. The van der Waals surface area contributed by atoms with Crippen LogP contribution in [0.25, 0.3) is 0 Å². The average Bonchev–Trinajstić information content (AvgIpc) is 2.70. The van der Waals surface area contributed by atoms with Crippen molar-refractivity contribution in [2.75, 3.05) is 13.7 Å². The number of methoxy groups -OCH3 is 1. The molecule has 0 aromatic heterocycles. The van der Waals surface area contributed by atoms with Crippen molar-refractivity contribution < 1.29 is 18.7 Å². The predicted octanol–water partition coefficient (Wildman–Crippen LogP) is 2.56. The van der Waals surface area contributed by atoms with E-state index in [0.717, 1.165) is 5.56 Å². The number of ether oxygens (including phenoxy) is 1. The summed E-state index contributed by atoms with van der Waals surface area (Å²) in [7, 11) is 1.57. The third kappa shape index (κ3) is 7.03. The first-order valence-corrected chi connectivity index (χ1v) is 9.04. The molecule has 0 fully saturated rings. The summed E-state index contributed by atoms with van der Waals surface area (Å²) in [5, 5.41) is 5.42. The van der Waals surface area contributed by atoms with E-state index in [1.54, 1.807) is 31.4 Å². The zero-order valence-corrected chi connectivity index (χ0v) is 17.5. The van der Waals surface area contributed by atoms with E-state index in [0.29, 0.717) is 11.3 Å². The first kappa shape index (κ1) is 24.4. The van der Waals surface area contributed by atoms with E-state index in [9.17, 15) is 14.0 Å². The van der Waals surface area contributed by atoms with Gasteiger partial charge in [0, 0.05) is 0 Å². The van der Waals surface area contributed by atoms with Crippen LogP contribution in [0.5, 0.6) is 5.75 Å². The number of nitrogens with two attached hydrogens (primary N) is 1. The zero-order valence-electron chi connectivity index (χ0n) is 16.6. The molecule has 0 spiro atoms. The van der Waals surface area contributed by atoms with Crippen molar-refractivity contribution in [1.29, 1.82) is 0 Å². The topological polar surface area (TPSA) is 93.5 Å². The van der Waals surface area contributed by atoms with Gasteiger partial charge in [-0.25, -0.2) is 4.39 Å². The molecule has 6 nitrogen and oxygen atoms in total. The Balaban J connectivity index is 0.00000420. The van der Waals surface area contributed by atoms with Gasteiger partial charge in [-0.3, -0.25) is 9.59 Å². The standard InChI is InChI=1S/C21H26FN3O3.ClH/c1-13(2)19(23)21(27)24-12-18(26)25-20(14-4-8-16(22)9-5-14)15-6-10-17(28-3)11-7-15;/h4-11,13,19-20H,12,23H2,1-3H3,(H,24,27)(H,25,26);1H/t19-,20?;/m0./s1. The maximum Gasteiger partial charge on any atom is 0.240 e. The van der Waals surface area contributed by atoms with Crippen LogP contribution in [0.1, 0.15) is 31.0 Å². The fourth-order valence-electron chi connectivity index (χ4n) is 2.61. The summed E-state index contributed by atoms with van der Waals surface area (Å²) >= 11 is 0. The van der Waals surface area contributed by atoms with Crippen molar-refractivity contribution >= 4 is 24.2 Å². The summed E-state index contributed by atoms with van der Waals surface area (Å²) < 4.78 is 18.5. The van der Waals surface area contributed by atoms with Gasteiger partial charge >= 0.3 is 0 Å². The van der Waals surface area contributed by atoms with Crippen LogP contribution in [0.3, 0.4) is 0 Å². The Morgan fingerprint density at radius 2 is 1.55 bits per heavy atom. The Kier molecular flexibility index (Phi) is 9.58. The van der Waals surface area contributed by atoms with Gasteiger partial charge in [0.15, 0.2) is 0 Å². The SMILES string of the molecule is COc1ccc(C(NC(=O)CNC(=O)[C@@H](N)C(C)C)c2ccc(F)cc2)cc1.Cl. The highest BCUT2D eigenvalue weighted by Gasteiger charge is 2.20. The summed E-state index contributed by atoms with van der Waals surface area (Å²) in [4.78, 5) is 24.4. The smallest absolute Gasteiger partial charge is 0.240 e. The van der Waals surface area contributed by atoms with Gasteiger partial charge in [-0.05, 0) is 41.3 Å². The van der Waals surface area contributed by atoms with Crippen LogP contribution in [0.4, 0.5) is 4.39 Å². The molecule has 0 saturated heterocycles. The van der Waals surface area contributed by atoms with Gasteiger partial charge < -0.3 is 21.1 Å². The van der Waals surface area contributed by atoms with Crippen molar-refractivity contribution in [1.82, 2.24) is 10.6 Å². The zero-order chi connectivity index (χ0) is 20.7. The van der Waals surface area contributed by atoms with Gasteiger partial charge in [-0.15, -0.1) is 12.4 Å². The van der Waals surface area contributed by atoms with Gasteiger partial charge in [0.05, 0.1) is 25.7 Å². The van der Waals surface area contributed by atoms with E-state index in [1.807, 2.05) is 26.0 Å². The number of carbonyl (C=O) groups excluding carboxylic acids is 2. The molecule has 2 rings (SSSR count).